The molecule has 27 heavy (non-hydrogen) atoms. The number of halogens is 1. The van der Waals surface area contributed by atoms with Crippen molar-refractivity contribution >= 4 is 29.5 Å². The summed E-state index contributed by atoms with van der Waals surface area (Å²) in [6.45, 7) is 0.771. The number of nitrogens with one attached hydrogen (secondary N) is 1. The van der Waals surface area contributed by atoms with Crippen molar-refractivity contribution in [2.45, 2.75) is 31.2 Å². The molecule has 1 aromatic carbocycles. The van der Waals surface area contributed by atoms with Crippen LogP contribution in [-0.4, -0.2) is 57.9 Å². The molecule has 0 aromatic heterocycles. The van der Waals surface area contributed by atoms with E-state index in [1.54, 1.807) is 16.7 Å². The van der Waals surface area contributed by atoms with Crippen LogP contribution in [0.3, 0.4) is 0 Å². The first kappa shape index (κ1) is 19.7. The zero-order chi connectivity index (χ0) is 19.4. The van der Waals surface area contributed by atoms with Gasteiger partial charge in [-0.2, -0.15) is 11.8 Å². The summed E-state index contributed by atoms with van der Waals surface area (Å²) in [4.78, 5) is 38.7. The molecule has 2 heterocycles. The Balaban J connectivity index is 1.66. The summed E-state index contributed by atoms with van der Waals surface area (Å²) in [6.07, 6.45) is 2.10. The van der Waals surface area contributed by atoms with Crippen molar-refractivity contribution in [3.63, 3.8) is 0 Å². The van der Waals surface area contributed by atoms with Gasteiger partial charge in [0.05, 0.1) is 5.92 Å². The summed E-state index contributed by atoms with van der Waals surface area (Å²) in [5, 5.41) is 12.4. The fourth-order valence-corrected chi connectivity index (χ4v) is 4.79. The highest BCUT2D eigenvalue weighted by Crippen LogP contribution is 2.29. The Morgan fingerprint density at radius 3 is 2.48 bits per heavy atom. The molecule has 0 aliphatic carbocycles. The SMILES string of the molecule is O=C(NC1(C(=O)O)CCSCC1)C1CCCN(C(=O)c2ccc(F)cc2)C1. The van der Waals surface area contributed by atoms with E-state index in [2.05, 4.69) is 5.32 Å². The monoisotopic (exact) mass is 394 g/mol. The van der Waals surface area contributed by atoms with Crippen molar-refractivity contribution in [3.05, 3.63) is 35.6 Å². The number of carboxylic acids is 1. The van der Waals surface area contributed by atoms with Gasteiger partial charge in [0.1, 0.15) is 11.4 Å². The molecule has 3 rings (SSSR count). The Morgan fingerprint density at radius 1 is 1.19 bits per heavy atom. The number of carboxylic acid groups (broad SMARTS) is 1. The maximum absolute atomic E-state index is 13.1. The molecule has 1 unspecified atom stereocenters. The molecule has 2 aliphatic rings. The van der Waals surface area contributed by atoms with Crippen LogP contribution in [0.4, 0.5) is 4.39 Å². The number of aliphatic carboxylic acids is 1. The van der Waals surface area contributed by atoms with Crippen LogP contribution in [0, 0.1) is 11.7 Å². The first-order valence-corrected chi connectivity index (χ1v) is 10.2. The predicted octanol–water partition coefficient (Wildman–Crippen LogP) is 2.14. The lowest BCUT2D eigenvalue weighted by Gasteiger charge is -2.37. The zero-order valence-corrected chi connectivity index (χ0v) is 15.8. The number of hydrogen-bond donors (Lipinski definition) is 2. The van der Waals surface area contributed by atoms with Crippen LogP contribution >= 0.6 is 11.8 Å². The molecule has 2 N–H and O–H groups in total. The summed E-state index contributed by atoms with van der Waals surface area (Å²) < 4.78 is 13.1. The molecule has 2 fully saturated rings. The third-order valence-corrected chi connectivity index (χ3v) is 6.27. The Labute approximate surface area is 161 Å². The molecule has 1 atom stereocenters. The molecule has 0 saturated carbocycles. The highest BCUT2D eigenvalue weighted by molar-refractivity contribution is 7.99. The summed E-state index contributed by atoms with van der Waals surface area (Å²) in [7, 11) is 0. The van der Waals surface area contributed by atoms with E-state index in [-0.39, 0.29) is 18.4 Å². The van der Waals surface area contributed by atoms with Crippen LogP contribution in [-0.2, 0) is 9.59 Å². The number of piperidine rings is 1. The Bertz CT molecular complexity index is 719. The summed E-state index contributed by atoms with van der Waals surface area (Å²) in [5.41, 5.74) is -0.824. The third kappa shape index (κ3) is 4.43. The van der Waals surface area contributed by atoms with Gasteiger partial charge in [0.25, 0.3) is 5.91 Å². The molecule has 2 amide bonds. The van der Waals surface area contributed by atoms with E-state index in [1.165, 1.54) is 24.3 Å². The van der Waals surface area contributed by atoms with Crippen LogP contribution < -0.4 is 5.32 Å². The van der Waals surface area contributed by atoms with Crippen LogP contribution in [0.25, 0.3) is 0 Å². The van der Waals surface area contributed by atoms with Gasteiger partial charge in [0.15, 0.2) is 0 Å². The standard InChI is InChI=1S/C19H23FN2O4S/c20-15-5-3-13(4-6-15)17(24)22-9-1-2-14(12-22)16(23)21-19(18(25)26)7-10-27-11-8-19/h3-6,14H,1-2,7-12H2,(H,21,23)(H,25,26). The molecule has 0 radical (unpaired) electrons. The number of benzene rings is 1. The highest BCUT2D eigenvalue weighted by Gasteiger charge is 2.43. The normalized spacial score (nSPS) is 22.1. The van der Waals surface area contributed by atoms with Gasteiger partial charge in [0, 0.05) is 18.7 Å². The van der Waals surface area contributed by atoms with Crippen molar-refractivity contribution < 1.29 is 23.9 Å². The highest BCUT2D eigenvalue weighted by atomic mass is 32.2. The minimum atomic E-state index is -1.20. The van der Waals surface area contributed by atoms with Crippen molar-refractivity contribution in [2.24, 2.45) is 5.92 Å². The maximum Gasteiger partial charge on any atom is 0.329 e. The molecule has 1 aromatic rings. The van der Waals surface area contributed by atoms with Crippen LogP contribution in [0.5, 0.6) is 0 Å². The molecule has 2 aliphatic heterocycles. The van der Waals surface area contributed by atoms with Crippen molar-refractivity contribution in [3.8, 4) is 0 Å². The number of amides is 2. The van der Waals surface area contributed by atoms with Gasteiger partial charge in [-0.15, -0.1) is 0 Å². The Morgan fingerprint density at radius 2 is 1.85 bits per heavy atom. The van der Waals surface area contributed by atoms with Crippen LogP contribution in [0.2, 0.25) is 0 Å². The van der Waals surface area contributed by atoms with E-state index in [9.17, 15) is 23.9 Å². The molecule has 146 valence electrons. The summed E-state index contributed by atoms with van der Waals surface area (Å²) in [6, 6.07) is 5.33. The van der Waals surface area contributed by atoms with E-state index >= 15 is 0 Å². The molecule has 0 bridgehead atoms. The average Bonchev–Trinajstić information content (AvgIpc) is 2.68. The van der Waals surface area contributed by atoms with Crippen molar-refractivity contribution in [2.75, 3.05) is 24.6 Å². The van der Waals surface area contributed by atoms with Gasteiger partial charge in [-0.25, -0.2) is 9.18 Å². The van der Waals surface area contributed by atoms with Gasteiger partial charge < -0.3 is 15.3 Å². The van der Waals surface area contributed by atoms with E-state index < -0.39 is 23.2 Å². The number of carbonyl (C=O) groups excluding carboxylic acids is 2. The molecule has 2 saturated heterocycles. The minimum Gasteiger partial charge on any atom is -0.480 e. The number of thioether (sulfide) groups is 1. The number of likely N-dealkylation sites (tertiary alicyclic amines) is 1. The van der Waals surface area contributed by atoms with Crippen LogP contribution in [0.15, 0.2) is 24.3 Å². The van der Waals surface area contributed by atoms with E-state index in [0.29, 0.717) is 49.3 Å². The quantitative estimate of drug-likeness (QED) is 0.817. The molecular weight excluding hydrogens is 371 g/mol. The van der Waals surface area contributed by atoms with Gasteiger partial charge in [-0.05, 0) is 61.5 Å². The summed E-state index contributed by atoms with van der Waals surface area (Å²) in [5.74, 6) is -0.985. The van der Waals surface area contributed by atoms with Crippen molar-refractivity contribution in [1.82, 2.24) is 10.2 Å². The average molecular weight is 394 g/mol. The topological polar surface area (TPSA) is 86.7 Å². The second-order valence-electron chi connectivity index (χ2n) is 7.09. The first-order valence-electron chi connectivity index (χ1n) is 9.09. The lowest BCUT2D eigenvalue weighted by atomic mass is 9.89. The van der Waals surface area contributed by atoms with Gasteiger partial charge in [-0.1, -0.05) is 0 Å². The van der Waals surface area contributed by atoms with E-state index in [1.807, 2.05) is 0 Å². The fourth-order valence-electron chi connectivity index (χ4n) is 3.60. The number of carbonyl (C=O) groups is 3. The molecule has 0 spiro atoms. The van der Waals surface area contributed by atoms with Gasteiger partial charge >= 0.3 is 5.97 Å². The molecular formula is C19H23FN2O4S. The predicted molar refractivity (Wildman–Crippen MR) is 100 cm³/mol. The number of nitrogens with zero attached hydrogens (tertiary/aromatic N) is 1. The Hall–Kier alpha value is -2.09. The largest absolute Gasteiger partial charge is 0.480 e. The Kier molecular flexibility index (Phi) is 6.04. The van der Waals surface area contributed by atoms with Crippen LogP contribution in [0.1, 0.15) is 36.0 Å². The molecule has 8 heteroatoms. The number of hydrogen-bond acceptors (Lipinski definition) is 4. The lowest BCUT2D eigenvalue weighted by Crippen LogP contribution is -2.59. The maximum atomic E-state index is 13.1. The fraction of sp³-hybridized carbons (Fsp3) is 0.526. The number of rotatable bonds is 4. The van der Waals surface area contributed by atoms with Gasteiger partial charge in [0.2, 0.25) is 5.91 Å². The second-order valence-corrected chi connectivity index (χ2v) is 8.31. The summed E-state index contributed by atoms with van der Waals surface area (Å²) >= 11 is 1.69. The first-order chi connectivity index (χ1) is 12.9. The van der Waals surface area contributed by atoms with E-state index in [4.69, 9.17) is 0 Å². The minimum absolute atomic E-state index is 0.241. The second kappa shape index (κ2) is 8.29. The molecule has 6 nitrogen and oxygen atoms in total. The van der Waals surface area contributed by atoms with Gasteiger partial charge in [-0.3, -0.25) is 9.59 Å². The third-order valence-electron chi connectivity index (χ3n) is 5.29. The van der Waals surface area contributed by atoms with E-state index in [0.717, 1.165) is 0 Å². The van der Waals surface area contributed by atoms with Crippen molar-refractivity contribution in [1.29, 1.82) is 0 Å². The zero-order valence-electron chi connectivity index (χ0n) is 14.9. The lowest BCUT2D eigenvalue weighted by molar-refractivity contribution is -0.149. The smallest absolute Gasteiger partial charge is 0.329 e.